The van der Waals surface area contributed by atoms with Gasteiger partial charge < -0.3 is 10.6 Å². The molecule has 0 fully saturated rings. The van der Waals surface area contributed by atoms with Crippen LogP contribution in [-0.4, -0.2) is 39.3 Å². The molecule has 0 saturated carbocycles. The number of nitrogens with two attached hydrogens (primary N) is 1. The second-order valence-corrected chi connectivity index (χ2v) is 9.09. The molecular weight excluding hydrogens is 476 g/mol. The number of carbonyl (C=O) groups excluding carboxylic acids is 1. The van der Waals surface area contributed by atoms with Gasteiger partial charge in [-0.1, -0.05) is 12.1 Å². The Bertz CT molecular complexity index is 1150. The van der Waals surface area contributed by atoms with Gasteiger partial charge in [-0.25, -0.2) is 8.42 Å². The highest BCUT2D eigenvalue weighted by atomic mass is 32.2. The lowest BCUT2D eigenvalue weighted by Gasteiger charge is -2.27. The van der Waals surface area contributed by atoms with Crippen LogP contribution >= 0.6 is 0 Å². The minimum atomic E-state index is -5.00. The van der Waals surface area contributed by atoms with E-state index < -0.39 is 63.8 Å². The van der Waals surface area contributed by atoms with E-state index in [-0.39, 0.29) is 11.3 Å². The zero-order valence-electron chi connectivity index (χ0n) is 16.7. The van der Waals surface area contributed by atoms with Gasteiger partial charge in [0, 0.05) is 12.2 Å². The quantitative estimate of drug-likeness (QED) is 0.568. The number of primary amides is 1. The Morgan fingerprint density at radius 3 is 2.12 bits per heavy atom. The third-order valence-corrected chi connectivity index (χ3v) is 6.17. The van der Waals surface area contributed by atoms with Crippen LogP contribution in [0.4, 0.5) is 32.0 Å². The van der Waals surface area contributed by atoms with Crippen molar-refractivity contribution in [1.82, 2.24) is 0 Å². The van der Waals surface area contributed by atoms with Crippen LogP contribution in [-0.2, 0) is 27.2 Å². The predicted molar refractivity (Wildman–Crippen MR) is 106 cm³/mol. The molecule has 0 aliphatic heterocycles. The number of amides is 1. The first kappa shape index (κ1) is 26.0. The summed E-state index contributed by atoms with van der Waals surface area (Å²) in [6, 6.07) is 8.29. The number of anilines is 1. The molecule has 0 spiro atoms. The summed E-state index contributed by atoms with van der Waals surface area (Å²) in [6.07, 6.45) is -9.98. The Labute approximate surface area is 185 Å². The average molecular weight is 493 g/mol. The Balaban J connectivity index is 2.33. The van der Waals surface area contributed by atoms with Crippen LogP contribution in [0.2, 0.25) is 0 Å². The molecule has 178 valence electrons. The molecule has 0 aromatic heterocycles. The van der Waals surface area contributed by atoms with Gasteiger partial charge in [-0.2, -0.15) is 31.6 Å². The topological polar surface area (TPSA) is 104 Å². The molecule has 0 unspecified atom stereocenters. The van der Waals surface area contributed by atoms with E-state index >= 15 is 0 Å². The van der Waals surface area contributed by atoms with E-state index in [9.17, 15) is 39.6 Å². The first-order chi connectivity index (χ1) is 15.1. The molecule has 1 amide bonds. The summed E-state index contributed by atoms with van der Waals surface area (Å²) in [7, 11) is -4.12. The summed E-state index contributed by atoms with van der Waals surface area (Å²) in [5.41, 5.74) is 2.74. The normalized spacial score (nSPS) is 12.3. The van der Waals surface area contributed by atoms with Crippen molar-refractivity contribution >= 4 is 21.4 Å². The van der Waals surface area contributed by atoms with Crippen molar-refractivity contribution in [3.63, 3.8) is 0 Å². The van der Waals surface area contributed by atoms with Gasteiger partial charge in [0.15, 0.2) is 9.84 Å². The van der Waals surface area contributed by atoms with E-state index in [1.54, 1.807) is 0 Å². The lowest BCUT2D eigenvalue weighted by molar-refractivity contribution is -0.137. The Hall–Kier alpha value is -3.27. The van der Waals surface area contributed by atoms with Crippen LogP contribution in [0.25, 0.3) is 0 Å². The van der Waals surface area contributed by atoms with Crippen LogP contribution in [0, 0.1) is 11.3 Å². The van der Waals surface area contributed by atoms with Gasteiger partial charge in [0.25, 0.3) is 0 Å². The van der Waals surface area contributed by atoms with Crippen LogP contribution in [0.1, 0.15) is 16.7 Å². The minimum absolute atomic E-state index is 0.139. The molecule has 0 atom stereocenters. The molecule has 0 bridgehead atoms. The van der Waals surface area contributed by atoms with Gasteiger partial charge >= 0.3 is 12.4 Å². The summed E-state index contributed by atoms with van der Waals surface area (Å²) >= 11 is 0. The summed E-state index contributed by atoms with van der Waals surface area (Å²) in [5, 5.41) is 8.85. The van der Waals surface area contributed by atoms with Crippen LogP contribution in [0.3, 0.4) is 0 Å². The fourth-order valence-corrected chi connectivity index (χ4v) is 4.19. The fraction of sp³-hybridized carbons (Fsp3) is 0.300. The molecule has 2 aromatic carbocycles. The molecule has 2 aromatic rings. The third kappa shape index (κ3) is 7.38. The molecule has 2 N–H and O–H groups in total. The van der Waals surface area contributed by atoms with E-state index in [0.29, 0.717) is 16.5 Å². The van der Waals surface area contributed by atoms with Gasteiger partial charge in [0.1, 0.15) is 6.54 Å². The Morgan fingerprint density at radius 1 is 1.03 bits per heavy atom. The third-order valence-electron chi connectivity index (χ3n) is 4.46. The maximum Gasteiger partial charge on any atom is 0.417 e. The molecule has 2 rings (SSSR count). The van der Waals surface area contributed by atoms with Gasteiger partial charge in [0.05, 0.1) is 34.3 Å². The molecule has 0 radical (unpaired) electrons. The van der Waals surface area contributed by atoms with Crippen molar-refractivity contribution in [1.29, 1.82) is 5.26 Å². The number of nitrogens with zero attached hydrogens (tertiary/aromatic N) is 2. The van der Waals surface area contributed by atoms with Gasteiger partial charge in [-0.15, -0.1) is 0 Å². The van der Waals surface area contributed by atoms with Crippen molar-refractivity contribution in [2.45, 2.75) is 23.7 Å². The van der Waals surface area contributed by atoms with E-state index in [1.165, 1.54) is 18.2 Å². The average Bonchev–Trinajstić information content (AvgIpc) is 2.69. The largest absolute Gasteiger partial charge is 0.417 e. The fourth-order valence-electron chi connectivity index (χ4n) is 2.94. The van der Waals surface area contributed by atoms with Crippen molar-refractivity contribution in [3.05, 3.63) is 59.2 Å². The molecule has 13 heteroatoms. The molecule has 0 saturated heterocycles. The number of alkyl halides is 6. The number of hydrogen-bond donors (Lipinski definition) is 1. The summed E-state index contributed by atoms with van der Waals surface area (Å²) < 4.78 is 104. The lowest BCUT2D eigenvalue weighted by atomic mass is 10.1. The molecule has 33 heavy (non-hydrogen) atoms. The number of sulfone groups is 1. The monoisotopic (exact) mass is 493 g/mol. The number of benzene rings is 2. The van der Waals surface area contributed by atoms with Gasteiger partial charge in [0.2, 0.25) is 5.91 Å². The van der Waals surface area contributed by atoms with Crippen molar-refractivity contribution < 1.29 is 39.6 Å². The van der Waals surface area contributed by atoms with Crippen LogP contribution in [0.15, 0.2) is 47.4 Å². The van der Waals surface area contributed by atoms with E-state index in [4.69, 9.17) is 11.0 Å². The van der Waals surface area contributed by atoms with Crippen molar-refractivity contribution in [3.8, 4) is 6.07 Å². The summed E-state index contributed by atoms with van der Waals surface area (Å²) in [6.45, 7) is -2.47. The highest BCUT2D eigenvalue weighted by Crippen LogP contribution is 2.35. The van der Waals surface area contributed by atoms with Crippen LogP contribution in [0.5, 0.6) is 0 Å². The van der Waals surface area contributed by atoms with Crippen molar-refractivity contribution in [2.24, 2.45) is 5.73 Å². The second-order valence-electron chi connectivity index (χ2n) is 6.98. The van der Waals surface area contributed by atoms with E-state index in [1.807, 2.05) is 0 Å². The number of carbonyl (C=O) groups is 1. The first-order valence-corrected chi connectivity index (χ1v) is 10.8. The summed E-state index contributed by atoms with van der Waals surface area (Å²) in [4.78, 5) is 11.1. The SMILES string of the molecule is N#Cc1ccc(N(CCS(=O)(=O)c2ccc(CC(N)=O)cc2)CC(F)(F)F)cc1C(F)(F)F. The number of halogens is 6. The smallest absolute Gasteiger partial charge is 0.369 e. The number of rotatable bonds is 8. The predicted octanol–water partition coefficient (Wildman–Crippen LogP) is 3.45. The molecule has 0 aliphatic rings. The zero-order chi connectivity index (χ0) is 25.0. The molecule has 0 heterocycles. The summed E-state index contributed by atoms with van der Waals surface area (Å²) in [5.74, 6) is -1.48. The highest BCUT2D eigenvalue weighted by Gasteiger charge is 2.36. The van der Waals surface area contributed by atoms with Crippen molar-refractivity contribution in [2.75, 3.05) is 23.7 Å². The van der Waals surface area contributed by atoms with E-state index in [0.717, 1.165) is 24.3 Å². The Morgan fingerprint density at radius 2 is 1.64 bits per heavy atom. The van der Waals surface area contributed by atoms with Gasteiger partial charge in [-0.3, -0.25) is 4.79 Å². The second kappa shape index (κ2) is 9.70. The molecular formula is C20H17F6N3O3S. The highest BCUT2D eigenvalue weighted by molar-refractivity contribution is 7.91. The Kier molecular flexibility index (Phi) is 7.64. The number of nitriles is 1. The zero-order valence-corrected chi connectivity index (χ0v) is 17.6. The maximum atomic E-state index is 13.2. The number of hydrogen-bond acceptors (Lipinski definition) is 5. The van der Waals surface area contributed by atoms with Crippen LogP contribution < -0.4 is 10.6 Å². The molecule has 0 aliphatic carbocycles. The van der Waals surface area contributed by atoms with Gasteiger partial charge in [-0.05, 0) is 35.9 Å². The molecule has 6 nitrogen and oxygen atoms in total. The first-order valence-electron chi connectivity index (χ1n) is 9.15. The standard InChI is InChI=1S/C20H17F6N3O3S/c21-19(22,23)12-29(15-4-3-14(11-27)17(10-15)20(24,25)26)7-8-33(31,32)16-5-1-13(2-6-16)9-18(28)30/h1-6,10H,7-9,12H2,(H2,28,30). The maximum absolute atomic E-state index is 13.2. The van der Waals surface area contributed by atoms with E-state index in [2.05, 4.69) is 0 Å². The minimum Gasteiger partial charge on any atom is -0.369 e. The lowest BCUT2D eigenvalue weighted by Crippen LogP contribution is -2.37.